The predicted molar refractivity (Wildman–Crippen MR) is 101 cm³/mol. The van der Waals surface area contributed by atoms with Gasteiger partial charge in [0, 0.05) is 17.9 Å². The molecule has 4 nitrogen and oxygen atoms in total. The van der Waals surface area contributed by atoms with Gasteiger partial charge in [0.15, 0.2) is 5.78 Å². The van der Waals surface area contributed by atoms with Gasteiger partial charge in [0.2, 0.25) is 0 Å². The van der Waals surface area contributed by atoms with Crippen molar-refractivity contribution in [2.24, 2.45) is 0 Å². The number of hydrogen-bond acceptors (Lipinski definition) is 4. The van der Waals surface area contributed by atoms with E-state index in [1.54, 1.807) is 30.4 Å². The molecule has 4 heteroatoms. The number of aromatic nitrogens is 1. The van der Waals surface area contributed by atoms with Crippen LogP contribution in [0.25, 0.3) is 23.1 Å². The molecule has 4 rings (SSSR count). The molecule has 0 aliphatic heterocycles. The van der Waals surface area contributed by atoms with E-state index in [2.05, 4.69) is 4.98 Å². The van der Waals surface area contributed by atoms with E-state index in [-0.39, 0.29) is 5.78 Å². The Balaban J connectivity index is 1.63. The quantitative estimate of drug-likeness (QED) is 0.411. The third-order valence-electron chi connectivity index (χ3n) is 4.15. The Kier molecular flexibility index (Phi) is 4.15. The Labute approximate surface area is 150 Å². The van der Waals surface area contributed by atoms with E-state index in [1.165, 1.54) is 6.08 Å². The van der Waals surface area contributed by atoms with Crippen LogP contribution in [0.2, 0.25) is 0 Å². The van der Waals surface area contributed by atoms with Crippen LogP contribution in [0.15, 0.2) is 66.7 Å². The van der Waals surface area contributed by atoms with Gasteiger partial charge in [-0.2, -0.15) is 0 Å². The fraction of sp³-hybridized carbons (Fsp3) is 0.0455. The molecule has 0 spiro atoms. The van der Waals surface area contributed by atoms with Gasteiger partial charge in [-0.3, -0.25) is 4.79 Å². The van der Waals surface area contributed by atoms with E-state index in [0.29, 0.717) is 12.2 Å². The van der Waals surface area contributed by atoms with E-state index in [9.17, 15) is 9.59 Å². The number of benzene rings is 2. The standard InChI is InChI=1S/C22H15NO3/c24-17-10-11-19-16(13-17)14-18-20(23-19)7-4-8-21(18)26-22(25)12-9-15-5-2-1-3-6-15/h1-12,14H,13H2/b12-9+. The molecule has 2 aromatic carbocycles. The molecular weight excluding hydrogens is 326 g/mol. The summed E-state index contributed by atoms with van der Waals surface area (Å²) in [5, 5.41) is 0.718. The highest BCUT2D eigenvalue weighted by Crippen LogP contribution is 2.28. The molecule has 1 aliphatic carbocycles. The molecule has 0 bridgehead atoms. The zero-order valence-corrected chi connectivity index (χ0v) is 13.9. The molecule has 0 unspecified atom stereocenters. The van der Waals surface area contributed by atoms with Gasteiger partial charge >= 0.3 is 5.97 Å². The maximum Gasteiger partial charge on any atom is 0.336 e. The molecule has 0 atom stereocenters. The van der Waals surface area contributed by atoms with E-state index < -0.39 is 5.97 Å². The van der Waals surface area contributed by atoms with Crippen molar-refractivity contribution in [1.82, 2.24) is 4.98 Å². The van der Waals surface area contributed by atoms with Crippen molar-refractivity contribution < 1.29 is 14.3 Å². The summed E-state index contributed by atoms with van der Waals surface area (Å²) < 4.78 is 5.50. The second-order valence-electron chi connectivity index (χ2n) is 6.00. The van der Waals surface area contributed by atoms with Crippen molar-refractivity contribution in [3.63, 3.8) is 0 Å². The van der Waals surface area contributed by atoms with E-state index in [4.69, 9.17) is 4.74 Å². The molecule has 0 saturated heterocycles. The molecule has 3 aromatic rings. The van der Waals surface area contributed by atoms with Crippen molar-refractivity contribution in [2.45, 2.75) is 6.42 Å². The number of hydrogen-bond donors (Lipinski definition) is 0. The smallest absolute Gasteiger partial charge is 0.336 e. The monoisotopic (exact) mass is 341 g/mol. The molecule has 0 radical (unpaired) electrons. The van der Waals surface area contributed by atoms with Gasteiger partial charge in [-0.25, -0.2) is 9.78 Å². The molecule has 26 heavy (non-hydrogen) atoms. The Morgan fingerprint density at radius 3 is 2.73 bits per heavy atom. The highest BCUT2D eigenvalue weighted by Gasteiger charge is 2.15. The minimum absolute atomic E-state index is 0.0407. The Morgan fingerprint density at radius 1 is 1.04 bits per heavy atom. The first-order chi connectivity index (χ1) is 12.7. The minimum atomic E-state index is -0.463. The summed E-state index contributed by atoms with van der Waals surface area (Å²) in [6.07, 6.45) is 6.68. The fourth-order valence-electron chi connectivity index (χ4n) is 2.89. The van der Waals surface area contributed by atoms with Gasteiger partial charge in [-0.1, -0.05) is 36.4 Å². The number of carbonyl (C=O) groups excluding carboxylic acids is 2. The summed E-state index contributed by atoms with van der Waals surface area (Å²) >= 11 is 0. The SMILES string of the molecule is O=C1C=Cc2nc3cccc(OC(=O)/C=C/c4ccccc4)c3cc2C1. The average Bonchev–Trinajstić information content (AvgIpc) is 2.66. The first kappa shape index (κ1) is 16.0. The molecule has 1 heterocycles. The van der Waals surface area contributed by atoms with Crippen molar-refractivity contribution in [2.75, 3.05) is 0 Å². The number of pyridine rings is 1. The second-order valence-corrected chi connectivity index (χ2v) is 6.00. The van der Waals surface area contributed by atoms with Gasteiger partial charge in [0.1, 0.15) is 5.75 Å². The Bertz CT molecular complexity index is 1070. The van der Waals surface area contributed by atoms with Crippen LogP contribution >= 0.6 is 0 Å². The van der Waals surface area contributed by atoms with Crippen LogP contribution in [0.5, 0.6) is 5.75 Å². The molecule has 1 aromatic heterocycles. The largest absolute Gasteiger partial charge is 0.423 e. The number of carbonyl (C=O) groups is 2. The van der Waals surface area contributed by atoms with Gasteiger partial charge in [-0.15, -0.1) is 0 Å². The first-order valence-electron chi connectivity index (χ1n) is 8.27. The fourth-order valence-corrected chi connectivity index (χ4v) is 2.89. The van der Waals surface area contributed by atoms with E-state index >= 15 is 0 Å². The molecular formula is C22H15NO3. The number of nitrogens with zero attached hydrogens (tertiary/aromatic N) is 1. The lowest BCUT2D eigenvalue weighted by Gasteiger charge is -2.12. The van der Waals surface area contributed by atoms with Crippen LogP contribution < -0.4 is 4.74 Å². The third-order valence-corrected chi connectivity index (χ3v) is 4.15. The minimum Gasteiger partial charge on any atom is -0.423 e. The number of rotatable bonds is 3. The van der Waals surface area contributed by atoms with Gasteiger partial charge in [-0.05, 0) is 47.6 Å². The lowest BCUT2D eigenvalue weighted by molar-refractivity contribution is -0.128. The zero-order valence-electron chi connectivity index (χ0n) is 13.9. The third kappa shape index (κ3) is 3.30. The molecule has 0 N–H and O–H groups in total. The zero-order chi connectivity index (χ0) is 17.9. The number of fused-ring (bicyclic) bond motifs is 2. The highest BCUT2D eigenvalue weighted by molar-refractivity contribution is 6.00. The summed E-state index contributed by atoms with van der Waals surface area (Å²) in [4.78, 5) is 28.4. The highest BCUT2D eigenvalue weighted by atomic mass is 16.5. The van der Waals surface area contributed by atoms with Crippen LogP contribution in [0.4, 0.5) is 0 Å². The average molecular weight is 341 g/mol. The lowest BCUT2D eigenvalue weighted by atomic mass is 9.99. The number of ether oxygens (including phenoxy) is 1. The van der Waals surface area contributed by atoms with E-state index in [1.807, 2.05) is 42.5 Å². The summed E-state index contributed by atoms with van der Waals surface area (Å²) in [7, 11) is 0. The van der Waals surface area contributed by atoms with Crippen LogP contribution in [-0.4, -0.2) is 16.7 Å². The van der Waals surface area contributed by atoms with Crippen molar-refractivity contribution in [1.29, 1.82) is 0 Å². The molecule has 126 valence electrons. The number of esters is 1. The first-order valence-corrected chi connectivity index (χ1v) is 8.27. The molecule has 0 saturated carbocycles. The van der Waals surface area contributed by atoms with Gasteiger partial charge < -0.3 is 4.74 Å². The number of allylic oxidation sites excluding steroid dienone is 1. The van der Waals surface area contributed by atoms with Crippen LogP contribution in [-0.2, 0) is 16.0 Å². The second kappa shape index (κ2) is 6.76. The van der Waals surface area contributed by atoms with Crippen molar-refractivity contribution >= 4 is 34.8 Å². The maximum absolute atomic E-state index is 12.2. The summed E-state index contributed by atoms with van der Waals surface area (Å²) in [5.41, 5.74) is 3.27. The van der Waals surface area contributed by atoms with Crippen molar-refractivity contribution in [3.8, 4) is 5.75 Å². The van der Waals surface area contributed by atoms with E-state index in [0.717, 1.165) is 27.7 Å². The maximum atomic E-state index is 12.2. The summed E-state index contributed by atoms with van der Waals surface area (Å²) in [5.74, 6) is 0.0106. The van der Waals surface area contributed by atoms with Crippen LogP contribution in [0, 0.1) is 0 Å². The summed E-state index contributed by atoms with van der Waals surface area (Å²) in [6, 6.07) is 16.8. The topological polar surface area (TPSA) is 56.3 Å². The Morgan fingerprint density at radius 2 is 1.88 bits per heavy atom. The van der Waals surface area contributed by atoms with Crippen LogP contribution in [0.3, 0.4) is 0 Å². The van der Waals surface area contributed by atoms with Crippen LogP contribution in [0.1, 0.15) is 16.8 Å². The molecule has 0 amide bonds. The van der Waals surface area contributed by atoms with Gasteiger partial charge in [0.05, 0.1) is 11.2 Å². The number of ketones is 1. The Hall–Kier alpha value is -3.53. The van der Waals surface area contributed by atoms with Crippen molar-refractivity contribution in [3.05, 3.63) is 83.6 Å². The predicted octanol–water partition coefficient (Wildman–Crippen LogP) is 3.99. The lowest BCUT2D eigenvalue weighted by Crippen LogP contribution is -2.08. The normalized spacial score (nSPS) is 13.2. The molecule has 1 aliphatic rings. The molecule has 0 fully saturated rings. The van der Waals surface area contributed by atoms with Gasteiger partial charge in [0.25, 0.3) is 0 Å². The summed E-state index contributed by atoms with van der Waals surface area (Å²) in [6.45, 7) is 0.